The molecule has 0 N–H and O–H groups in total. The van der Waals surface area contributed by atoms with E-state index in [1.165, 1.54) is 4.80 Å². The maximum atomic E-state index is 12.5. The van der Waals surface area contributed by atoms with Crippen LogP contribution in [0.5, 0.6) is 0 Å². The Labute approximate surface area is 154 Å². The second-order valence-electron chi connectivity index (χ2n) is 5.74. The van der Waals surface area contributed by atoms with Gasteiger partial charge in [0.1, 0.15) is 6.54 Å². The number of tetrazole rings is 1. The Morgan fingerprint density at radius 3 is 2.52 bits per heavy atom. The Morgan fingerprint density at radius 1 is 1.16 bits per heavy atom. The van der Waals surface area contributed by atoms with Crippen molar-refractivity contribution in [2.75, 3.05) is 7.05 Å². The van der Waals surface area contributed by atoms with Crippen LogP contribution in [0.4, 0.5) is 0 Å². The van der Waals surface area contributed by atoms with E-state index in [0.717, 1.165) is 15.6 Å². The van der Waals surface area contributed by atoms with Crippen molar-refractivity contribution < 1.29 is 4.79 Å². The number of carbonyl (C=O) groups is 1. The third-order valence-electron chi connectivity index (χ3n) is 4.09. The molecule has 3 aromatic rings. The van der Waals surface area contributed by atoms with E-state index < -0.39 is 0 Å². The standard InChI is InChI=1S/C18H18BrN5O/c1-13(14-6-4-3-5-7-14)23(2)17(25)12-24-21-18(20-22-24)15-8-10-16(19)11-9-15/h3-11,13H,12H2,1-2H3/t13-/m1/s1. The number of hydrogen-bond donors (Lipinski definition) is 0. The van der Waals surface area contributed by atoms with Crippen molar-refractivity contribution in [2.45, 2.75) is 19.5 Å². The zero-order chi connectivity index (χ0) is 17.8. The molecule has 1 heterocycles. The molecule has 0 fully saturated rings. The summed E-state index contributed by atoms with van der Waals surface area (Å²) in [6, 6.07) is 17.5. The lowest BCUT2D eigenvalue weighted by atomic mass is 10.1. The van der Waals surface area contributed by atoms with Gasteiger partial charge in [0.15, 0.2) is 0 Å². The van der Waals surface area contributed by atoms with Crippen LogP contribution in [0.1, 0.15) is 18.5 Å². The average Bonchev–Trinajstić information content (AvgIpc) is 3.10. The van der Waals surface area contributed by atoms with Gasteiger partial charge in [-0.25, -0.2) is 0 Å². The minimum absolute atomic E-state index is 0.0248. The predicted molar refractivity (Wildman–Crippen MR) is 98.6 cm³/mol. The van der Waals surface area contributed by atoms with Crippen molar-refractivity contribution in [3.8, 4) is 11.4 Å². The fraction of sp³-hybridized carbons (Fsp3) is 0.222. The van der Waals surface area contributed by atoms with Gasteiger partial charge >= 0.3 is 0 Å². The fourth-order valence-electron chi connectivity index (χ4n) is 2.43. The van der Waals surface area contributed by atoms with Gasteiger partial charge in [-0.1, -0.05) is 46.3 Å². The van der Waals surface area contributed by atoms with Gasteiger partial charge in [0, 0.05) is 17.1 Å². The Bertz CT molecular complexity index is 847. The zero-order valence-corrected chi connectivity index (χ0v) is 15.6. The number of likely N-dealkylation sites (N-methyl/N-ethyl adjacent to an activating group) is 1. The van der Waals surface area contributed by atoms with Crippen molar-refractivity contribution >= 4 is 21.8 Å². The second-order valence-corrected chi connectivity index (χ2v) is 6.66. The normalized spacial score (nSPS) is 12.0. The summed E-state index contributed by atoms with van der Waals surface area (Å²) in [5, 5.41) is 12.3. The third-order valence-corrected chi connectivity index (χ3v) is 4.62. The number of rotatable bonds is 5. The van der Waals surface area contributed by atoms with E-state index in [1.54, 1.807) is 11.9 Å². The van der Waals surface area contributed by atoms with Crippen molar-refractivity contribution in [3.05, 3.63) is 64.6 Å². The summed E-state index contributed by atoms with van der Waals surface area (Å²) in [6.07, 6.45) is 0. The van der Waals surface area contributed by atoms with Crippen LogP contribution in [-0.2, 0) is 11.3 Å². The zero-order valence-electron chi connectivity index (χ0n) is 14.0. The number of aromatic nitrogens is 4. The van der Waals surface area contributed by atoms with Crippen molar-refractivity contribution in [1.29, 1.82) is 0 Å². The van der Waals surface area contributed by atoms with Gasteiger partial charge in [-0.2, -0.15) is 4.80 Å². The van der Waals surface area contributed by atoms with Gasteiger partial charge < -0.3 is 4.90 Å². The van der Waals surface area contributed by atoms with E-state index in [1.807, 2.05) is 61.5 Å². The van der Waals surface area contributed by atoms with Crippen LogP contribution in [0.25, 0.3) is 11.4 Å². The largest absolute Gasteiger partial charge is 0.337 e. The maximum Gasteiger partial charge on any atom is 0.246 e. The highest BCUT2D eigenvalue weighted by Gasteiger charge is 2.18. The Balaban J connectivity index is 1.68. The lowest BCUT2D eigenvalue weighted by molar-refractivity contribution is -0.132. The van der Waals surface area contributed by atoms with Crippen LogP contribution < -0.4 is 0 Å². The molecule has 0 aliphatic rings. The van der Waals surface area contributed by atoms with Crippen LogP contribution in [0, 0.1) is 0 Å². The van der Waals surface area contributed by atoms with Crippen LogP contribution >= 0.6 is 15.9 Å². The first-order valence-corrected chi connectivity index (χ1v) is 8.68. The molecule has 1 aromatic heterocycles. The highest BCUT2D eigenvalue weighted by Crippen LogP contribution is 2.19. The van der Waals surface area contributed by atoms with Crippen molar-refractivity contribution in [2.24, 2.45) is 0 Å². The molecule has 25 heavy (non-hydrogen) atoms. The monoisotopic (exact) mass is 399 g/mol. The fourth-order valence-corrected chi connectivity index (χ4v) is 2.69. The van der Waals surface area contributed by atoms with E-state index in [9.17, 15) is 4.79 Å². The summed E-state index contributed by atoms with van der Waals surface area (Å²) in [5.74, 6) is 0.426. The number of halogens is 1. The molecule has 0 spiro atoms. The molecule has 128 valence electrons. The minimum atomic E-state index is -0.0730. The molecule has 0 saturated heterocycles. The van der Waals surface area contributed by atoms with Gasteiger partial charge in [-0.3, -0.25) is 4.79 Å². The molecule has 1 amide bonds. The summed E-state index contributed by atoms with van der Waals surface area (Å²) < 4.78 is 0.982. The summed E-state index contributed by atoms with van der Waals surface area (Å²) in [7, 11) is 1.78. The quantitative estimate of drug-likeness (QED) is 0.659. The Morgan fingerprint density at radius 2 is 1.84 bits per heavy atom. The topological polar surface area (TPSA) is 63.9 Å². The first-order valence-electron chi connectivity index (χ1n) is 7.89. The molecule has 0 aliphatic carbocycles. The predicted octanol–water partition coefficient (Wildman–Crippen LogP) is 3.32. The Kier molecular flexibility index (Phi) is 5.23. The molecule has 0 radical (unpaired) electrons. The lowest BCUT2D eigenvalue weighted by Gasteiger charge is -2.25. The molecule has 6 nitrogen and oxygen atoms in total. The van der Waals surface area contributed by atoms with Crippen LogP contribution in [-0.4, -0.2) is 38.1 Å². The molecular weight excluding hydrogens is 382 g/mol. The van der Waals surface area contributed by atoms with Crippen LogP contribution in [0.15, 0.2) is 59.1 Å². The molecule has 3 rings (SSSR count). The highest BCUT2D eigenvalue weighted by atomic mass is 79.9. The average molecular weight is 400 g/mol. The minimum Gasteiger partial charge on any atom is -0.337 e. The van der Waals surface area contributed by atoms with E-state index in [-0.39, 0.29) is 18.5 Å². The SMILES string of the molecule is C[C@H](c1ccccc1)N(C)C(=O)Cn1nnc(-c2ccc(Br)cc2)n1. The third kappa shape index (κ3) is 4.11. The number of nitrogens with zero attached hydrogens (tertiary/aromatic N) is 5. The molecule has 0 unspecified atom stereocenters. The molecule has 7 heteroatoms. The maximum absolute atomic E-state index is 12.5. The molecule has 2 aromatic carbocycles. The molecule has 1 atom stereocenters. The summed E-state index contributed by atoms with van der Waals surface area (Å²) in [6.45, 7) is 2.05. The second kappa shape index (κ2) is 7.57. The van der Waals surface area contributed by atoms with E-state index in [4.69, 9.17) is 0 Å². The molecule has 0 saturated carbocycles. The van der Waals surface area contributed by atoms with E-state index in [2.05, 4.69) is 31.3 Å². The number of hydrogen-bond acceptors (Lipinski definition) is 4. The number of carbonyl (C=O) groups excluding carboxylic acids is 1. The van der Waals surface area contributed by atoms with Gasteiger partial charge in [-0.05, 0) is 42.0 Å². The van der Waals surface area contributed by atoms with Crippen LogP contribution in [0.2, 0.25) is 0 Å². The smallest absolute Gasteiger partial charge is 0.246 e. The first-order chi connectivity index (χ1) is 12.0. The summed E-state index contributed by atoms with van der Waals surface area (Å²) in [4.78, 5) is 15.5. The molecule has 0 aliphatic heterocycles. The van der Waals surface area contributed by atoms with E-state index in [0.29, 0.717) is 5.82 Å². The molecule has 0 bridgehead atoms. The summed E-state index contributed by atoms with van der Waals surface area (Å²) in [5.41, 5.74) is 1.94. The first kappa shape index (κ1) is 17.3. The van der Waals surface area contributed by atoms with Crippen LogP contribution in [0.3, 0.4) is 0 Å². The van der Waals surface area contributed by atoms with Gasteiger partial charge in [0.2, 0.25) is 11.7 Å². The van der Waals surface area contributed by atoms with Gasteiger partial charge in [0.05, 0.1) is 6.04 Å². The Hall–Kier alpha value is -2.54. The lowest BCUT2D eigenvalue weighted by Crippen LogP contribution is -2.33. The summed E-state index contributed by atoms with van der Waals surface area (Å²) >= 11 is 3.39. The molecular formula is C18H18BrN5O. The van der Waals surface area contributed by atoms with Gasteiger partial charge in [0.25, 0.3) is 0 Å². The number of benzene rings is 2. The van der Waals surface area contributed by atoms with Gasteiger partial charge in [-0.15, -0.1) is 10.2 Å². The van der Waals surface area contributed by atoms with E-state index >= 15 is 0 Å². The van der Waals surface area contributed by atoms with Crippen molar-refractivity contribution in [1.82, 2.24) is 25.1 Å². The highest BCUT2D eigenvalue weighted by molar-refractivity contribution is 9.10. The number of amides is 1. The van der Waals surface area contributed by atoms with Crippen molar-refractivity contribution in [3.63, 3.8) is 0 Å².